The molecule has 7 nitrogen and oxygen atoms in total. The average molecular weight is 445 g/mol. The summed E-state index contributed by atoms with van der Waals surface area (Å²) in [7, 11) is -2.40. The SMILES string of the molecule is CN(C[C@H]1CO1)S(=O)(=O)c1c(Cl)cc(-c2ccc(CCC(=O)O)nc2)cc1Cl. The van der Waals surface area contributed by atoms with E-state index >= 15 is 0 Å². The van der Waals surface area contributed by atoms with Gasteiger partial charge in [0.25, 0.3) is 0 Å². The molecule has 1 N–H and O–H groups in total. The van der Waals surface area contributed by atoms with E-state index in [1.54, 1.807) is 18.3 Å². The lowest BCUT2D eigenvalue weighted by atomic mass is 10.1. The van der Waals surface area contributed by atoms with E-state index in [2.05, 4.69) is 4.98 Å². The van der Waals surface area contributed by atoms with Gasteiger partial charge >= 0.3 is 5.97 Å². The Kier molecular flexibility index (Phi) is 6.26. The molecule has 1 fully saturated rings. The second kappa shape index (κ2) is 8.34. The molecular weight excluding hydrogens is 427 g/mol. The molecule has 0 radical (unpaired) electrons. The van der Waals surface area contributed by atoms with E-state index in [-0.39, 0.29) is 34.0 Å². The Morgan fingerprint density at radius 2 is 1.93 bits per heavy atom. The predicted molar refractivity (Wildman–Crippen MR) is 105 cm³/mol. The molecule has 0 amide bonds. The normalized spacial score (nSPS) is 16.4. The number of carbonyl (C=O) groups is 1. The molecule has 10 heteroatoms. The number of likely N-dealkylation sites (N-methyl/N-ethyl adjacent to an activating group) is 1. The largest absolute Gasteiger partial charge is 0.481 e. The lowest BCUT2D eigenvalue weighted by molar-refractivity contribution is -0.136. The zero-order valence-corrected chi connectivity index (χ0v) is 17.3. The quantitative estimate of drug-likeness (QED) is 0.627. The van der Waals surface area contributed by atoms with Crippen molar-refractivity contribution < 1.29 is 23.1 Å². The Hall–Kier alpha value is -1.71. The third kappa shape index (κ3) is 4.82. The molecular formula is C18H18Cl2N2O5S. The van der Waals surface area contributed by atoms with Crippen LogP contribution < -0.4 is 0 Å². The van der Waals surface area contributed by atoms with Crippen molar-refractivity contribution in [2.45, 2.75) is 23.8 Å². The molecule has 1 atom stereocenters. The van der Waals surface area contributed by atoms with Gasteiger partial charge in [0, 0.05) is 37.5 Å². The van der Waals surface area contributed by atoms with Gasteiger partial charge in [0.15, 0.2) is 0 Å². The number of ether oxygens (including phenoxy) is 1. The molecule has 3 rings (SSSR count). The number of sulfonamides is 1. The van der Waals surface area contributed by atoms with Crippen molar-refractivity contribution in [2.24, 2.45) is 0 Å². The Labute approximate surface area is 172 Å². The highest BCUT2D eigenvalue weighted by atomic mass is 35.5. The smallest absolute Gasteiger partial charge is 0.303 e. The lowest BCUT2D eigenvalue weighted by Crippen LogP contribution is -2.31. The second-order valence-electron chi connectivity index (χ2n) is 6.44. The third-order valence-corrected chi connectivity index (χ3v) is 7.03. The van der Waals surface area contributed by atoms with Crippen molar-refractivity contribution >= 4 is 39.2 Å². The highest BCUT2D eigenvalue weighted by Crippen LogP contribution is 2.36. The van der Waals surface area contributed by atoms with Gasteiger partial charge in [-0.05, 0) is 23.8 Å². The number of hydrogen-bond acceptors (Lipinski definition) is 5. The summed E-state index contributed by atoms with van der Waals surface area (Å²) >= 11 is 12.5. The van der Waals surface area contributed by atoms with E-state index in [1.807, 2.05) is 0 Å². The molecule has 1 aliphatic rings. The van der Waals surface area contributed by atoms with Gasteiger partial charge in [-0.3, -0.25) is 9.78 Å². The van der Waals surface area contributed by atoms with E-state index < -0.39 is 16.0 Å². The molecule has 1 aromatic carbocycles. The summed E-state index contributed by atoms with van der Waals surface area (Å²) < 4.78 is 31.8. The Morgan fingerprint density at radius 3 is 2.43 bits per heavy atom. The van der Waals surface area contributed by atoms with Crippen LogP contribution in [0.25, 0.3) is 11.1 Å². The van der Waals surface area contributed by atoms with Crippen molar-refractivity contribution in [2.75, 3.05) is 20.2 Å². The fourth-order valence-corrected chi connectivity index (χ4v) is 5.02. The summed E-state index contributed by atoms with van der Waals surface area (Å²) in [5.41, 5.74) is 1.94. The zero-order valence-electron chi connectivity index (χ0n) is 14.9. The van der Waals surface area contributed by atoms with Crippen LogP contribution in [-0.4, -0.2) is 55.1 Å². The highest BCUT2D eigenvalue weighted by Gasteiger charge is 2.32. The summed E-state index contributed by atoms with van der Waals surface area (Å²) in [6, 6.07) is 6.52. The van der Waals surface area contributed by atoms with Crippen molar-refractivity contribution in [3.8, 4) is 11.1 Å². The fraction of sp³-hybridized carbons (Fsp3) is 0.333. The maximum Gasteiger partial charge on any atom is 0.303 e. The van der Waals surface area contributed by atoms with Gasteiger partial charge in [-0.2, -0.15) is 4.31 Å². The fourth-order valence-electron chi connectivity index (χ4n) is 2.67. The summed E-state index contributed by atoms with van der Waals surface area (Å²) in [4.78, 5) is 14.7. The monoisotopic (exact) mass is 444 g/mol. The van der Waals surface area contributed by atoms with Gasteiger partial charge in [0.2, 0.25) is 10.0 Å². The number of epoxide rings is 1. The van der Waals surface area contributed by atoms with E-state index in [0.29, 0.717) is 29.8 Å². The number of rotatable bonds is 8. The molecule has 1 aliphatic heterocycles. The van der Waals surface area contributed by atoms with E-state index in [9.17, 15) is 13.2 Å². The maximum absolute atomic E-state index is 12.8. The summed E-state index contributed by atoms with van der Waals surface area (Å²) in [5.74, 6) is -0.889. The topological polar surface area (TPSA) is 100 Å². The number of carboxylic acid groups (broad SMARTS) is 1. The van der Waals surface area contributed by atoms with E-state index in [1.165, 1.54) is 23.5 Å². The summed E-state index contributed by atoms with van der Waals surface area (Å²) in [5, 5.41) is 8.76. The van der Waals surface area contributed by atoms with E-state index in [0.717, 1.165) is 0 Å². The molecule has 0 spiro atoms. The molecule has 2 heterocycles. The molecule has 0 bridgehead atoms. The average Bonchev–Trinajstić information content (AvgIpc) is 3.43. The van der Waals surface area contributed by atoms with Crippen LogP contribution in [0.2, 0.25) is 10.0 Å². The predicted octanol–water partition coefficient (Wildman–Crippen LogP) is 3.09. The van der Waals surface area contributed by atoms with Crippen molar-refractivity contribution in [1.82, 2.24) is 9.29 Å². The molecule has 150 valence electrons. The first-order chi connectivity index (χ1) is 13.2. The number of nitrogens with zero attached hydrogens (tertiary/aromatic N) is 2. The minimum Gasteiger partial charge on any atom is -0.481 e. The van der Waals surface area contributed by atoms with Crippen LogP contribution in [0.15, 0.2) is 35.4 Å². The molecule has 2 aromatic rings. The third-order valence-electron chi connectivity index (χ3n) is 4.28. The standard InChI is InChI=1S/C18H18Cl2N2O5S/c1-22(9-14-10-27-14)28(25,26)18-15(19)6-12(7-16(18)20)11-2-3-13(21-8-11)4-5-17(23)24/h2-3,6-8,14H,4-5,9-10H2,1H3,(H,23,24)/t14-/m0/s1. The molecule has 0 aliphatic carbocycles. The van der Waals surface area contributed by atoms with Crippen molar-refractivity contribution in [3.63, 3.8) is 0 Å². The number of halogens is 2. The number of aromatic nitrogens is 1. The van der Waals surface area contributed by atoms with Crippen LogP contribution in [0.4, 0.5) is 0 Å². The van der Waals surface area contributed by atoms with Gasteiger partial charge in [0.05, 0.1) is 29.2 Å². The first-order valence-corrected chi connectivity index (χ1v) is 10.6. The van der Waals surface area contributed by atoms with E-state index in [4.69, 9.17) is 33.0 Å². The maximum atomic E-state index is 12.8. The summed E-state index contributed by atoms with van der Waals surface area (Å²) in [6.07, 6.45) is 1.80. The number of hydrogen-bond donors (Lipinski definition) is 1. The second-order valence-corrected chi connectivity index (χ2v) is 9.24. The van der Waals surface area contributed by atoms with Gasteiger partial charge in [-0.15, -0.1) is 0 Å². The minimum atomic E-state index is -3.86. The number of carboxylic acids is 1. The first kappa shape index (κ1) is 21.0. The number of aliphatic carboxylic acids is 1. The van der Waals surface area contributed by atoms with Gasteiger partial charge in [-0.1, -0.05) is 29.3 Å². The lowest BCUT2D eigenvalue weighted by Gasteiger charge is -2.18. The van der Waals surface area contributed by atoms with Gasteiger partial charge < -0.3 is 9.84 Å². The van der Waals surface area contributed by atoms with Gasteiger partial charge in [-0.25, -0.2) is 8.42 Å². The zero-order chi connectivity index (χ0) is 20.5. The van der Waals surface area contributed by atoms with Crippen LogP contribution >= 0.6 is 23.2 Å². The van der Waals surface area contributed by atoms with Crippen LogP contribution in [0, 0.1) is 0 Å². The number of benzene rings is 1. The highest BCUT2D eigenvalue weighted by molar-refractivity contribution is 7.89. The van der Waals surface area contributed by atoms with Gasteiger partial charge in [0.1, 0.15) is 4.90 Å². The van der Waals surface area contributed by atoms with Crippen LogP contribution in [0.5, 0.6) is 0 Å². The van der Waals surface area contributed by atoms with Crippen molar-refractivity contribution in [3.05, 3.63) is 46.2 Å². The van der Waals surface area contributed by atoms with Crippen LogP contribution in [0.3, 0.4) is 0 Å². The number of aryl methyl sites for hydroxylation is 1. The number of pyridine rings is 1. The molecule has 1 saturated heterocycles. The molecule has 28 heavy (non-hydrogen) atoms. The summed E-state index contributed by atoms with van der Waals surface area (Å²) in [6.45, 7) is 0.772. The Balaban J connectivity index is 1.86. The van der Waals surface area contributed by atoms with Crippen LogP contribution in [0.1, 0.15) is 12.1 Å². The Bertz CT molecular complexity index is 969. The van der Waals surface area contributed by atoms with Crippen LogP contribution in [-0.2, 0) is 26.0 Å². The molecule has 1 aromatic heterocycles. The molecule has 0 saturated carbocycles. The first-order valence-electron chi connectivity index (χ1n) is 8.42. The minimum absolute atomic E-state index is 0.00399. The van der Waals surface area contributed by atoms with Crippen molar-refractivity contribution in [1.29, 1.82) is 0 Å². The molecule has 0 unspecified atom stereocenters. The Morgan fingerprint density at radius 1 is 1.29 bits per heavy atom.